The standard InChI is InChI=1S/C16H24N2O2/c1-3-9-20-15-6-4-5-14(10-15)11-16(19)18-8-7-17-13(2)12-18/h4-6,10,13,17H,3,7-9,11-12H2,1-2H3/t13-/m1/s1. The molecular weight excluding hydrogens is 252 g/mol. The zero-order chi connectivity index (χ0) is 14.4. The topological polar surface area (TPSA) is 41.6 Å². The lowest BCUT2D eigenvalue weighted by Crippen LogP contribution is -2.51. The minimum absolute atomic E-state index is 0.200. The number of piperazine rings is 1. The molecule has 4 heteroatoms. The van der Waals surface area contributed by atoms with Crippen LogP contribution in [0.5, 0.6) is 5.75 Å². The third-order valence-corrected chi connectivity index (χ3v) is 3.45. The van der Waals surface area contributed by atoms with Crippen molar-refractivity contribution in [2.75, 3.05) is 26.2 Å². The van der Waals surface area contributed by atoms with Crippen molar-refractivity contribution in [2.45, 2.75) is 32.7 Å². The number of amides is 1. The fourth-order valence-electron chi connectivity index (χ4n) is 2.41. The lowest BCUT2D eigenvalue weighted by molar-refractivity contribution is -0.131. The monoisotopic (exact) mass is 276 g/mol. The van der Waals surface area contributed by atoms with Gasteiger partial charge < -0.3 is 15.0 Å². The number of rotatable bonds is 5. The highest BCUT2D eigenvalue weighted by Gasteiger charge is 2.20. The first-order valence-electron chi connectivity index (χ1n) is 7.42. The van der Waals surface area contributed by atoms with Crippen LogP contribution in [0.1, 0.15) is 25.8 Å². The Bertz CT molecular complexity index is 448. The molecule has 0 aromatic heterocycles. The Morgan fingerprint density at radius 3 is 3.10 bits per heavy atom. The van der Waals surface area contributed by atoms with Gasteiger partial charge in [-0.25, -0.2) is 0 Å². The average molecular weight is 276 g/mol. The fraction of sp³-hybridized carbons (Fsp3) is 0.562. The van der Waals surface area contributed by atoms with E-state index in [4.69, 9.17) is 4.74 Å². The molecule has 0 bridgehead atoms. The number of carbonyl (C=O) groups is 1. The Hall–Kier alpha value is -1.55. The molecule has 1 amide bonds. The summed E-state index contributed by atoms with van der Waals surface area (Å²) in [6, 6.07) is 8.23. The van der Waals surface area contributed by atoms with Gasteiger partial charge >= 0.3 is 0 Å². The second-order valence-corrected chi connectivity index (χ2v) is 5.37. The Balaban J connectivity index is 1.93. The molecular formula is C16H24N2O2. The van der Waals surface area contributed by atoms with Crippen molar-refractivity contribution < 1.29 is 9.53 Å². The van der Waals surface area contributed by atoms with Gasteiger partial charge in [-0.3, -0.25) is 4.79 Å². The third-order valence-electron chi connectivity index (χ3n) is 3.45. The lowest BCUT2D eigenvalue weighted by atomic mass is 10.1. The molecule has 1 heterocycles. The van der Waals surface area contributed by atoms with E-state index in [9.17, 15) is 4.79 Å². The second kappa shape index (κ2) is 7.29. The summed E-state index contributed by atoms with van der Waals surface area (Å²) >= 11 is 0. The van der Waals surface area contributed by atoms with Gasteiger partial charge in [0.2, 0.25) is 5.91 Å². The summed E-state index contributed by atoms with van der Waals surface area (Å²) in [6.07, 6.45) is 1.44. The molecule has 0 saturated carbocycles. The van der Waals surface area contributed by atoms with Crippen LogP contribution < -0.4 is 10.1 Å². The zero-order valence-electron chi connectivity index (χ0n) is 12.4. The lowest BCUT2D eigenvalue weighted by Gasteiger charge is -2.32. The fourth-order valence-corrected chi connectivity index (χ4v) is 2.41. The normalized spacial score (nSPS) is 18.9. The Morgan fingerprint density at radius 2 is 2.35 bits per heavy atom. The number of nitrogens with one attached hydrogen (secondary N) is 1. The van der Waals surface area contributed by atoms with Crippen LogP contribution in [0.15, 0.2) is 24.3 Å². The van der Waals surface area contributed by atoms with Crippen LogP contribution in [0, 0.1) is 0 Å². The molecule has 1 fully saturated rings. The molecule has 1 atom stereocenters. The highest BCUT2D eigenvalue weighted by atomic mass is 16.5. The van der Waals surface area contributed by atoms with Gasteiger partial charge in [-0.1, -0.05) is 19.1 Å². The quantitative estimate of drug-likeness (QED) is 0.892. The van der Waals surface area contributed by atoms with Crippen molar-refractivity contribution in [1.82, 2.24) is 10.2 Å². The van der Waals surface area contributed by atoms with Gasteiger partial charge in [0.1, 0.15) is 5.75 Å². The summed E-state index contributed by atoms with van der Waals surface area (Å²) in [7, 11) is 0. The second-order valence-electron chi connectivity index (χ2n) is 5.37. The van der Waals surface area contributed by atoms with E-state index < -0.39 is 0 Å². The van der Waals surface area contributed by atoms with Crippen LogP contribution >= 0.6 is 0 Å². The molecule has 1 saturated heterocycles. The van der Waals surface area contributed by atoms with Gasteiger partial charge in [-0.15, -0.1) is 0 Å². The molecule has 2 rings (SSSR count). The number of ether oxygens (including phenoxy) is 1. The van der Waals surface area contributed by atoms with Gasteiger partial charge in [-0.2, -0.15) is 0 Å². The van der Waals surface area contributed by atoms with Gasteiger partial charge in [0, 0.05) is 25.7 Å². The molecule has 1 aromatic carbocycles. The first kappa shape index (κ1) is 14.9. The van der Waals surface area contributed by atoms with E-state index in [1.165, 1.54) is 0 Å². The molecule has 0 unspecified atom stereocenters. The van der Waals surface area contributed by atoms with E-state index in [-0.39, 0.29) is 5.91 Å². The van der Waals surface area contributed by atoms with Crippen LogP contribution in [0.25, 0.3) is 0 Å². The summed E-state index contributed by atoms with van der Waals surface area (Å²) < 4.78 is 5.61. The van der Waals surface area contributed by atoms with Crippen LogP contribution in [-0.2, 0) is 11.2 Å². The first-order valence-corrected chi connectivity index (χ1v) is 7.42. The molecule has 0 spiro atoms. The van der Waals surface area contributed by atoms with Gasteiger partial charge in [-0.05, 0) is 31.0 Å². The van der Waals surface area contributed by atoms with Crippen molar-refractivity contribution in [3.8, 4) is 5.75 Å². The summed E-state index contributed by atoms with van der Waals surface area (Å²) in [5, 5.41) is 3.35. The van der Waals surface area contributed by atoms with E-state index in [2.05, 4.69) is 19.2 Å². The van der Waals surface area contributed by atoms with E-state index in [1.54, 1.807) is 0 Å². The van der Waals surface area contributed by atoms with E-state index >= 15 is 0 Å². The van der Waals surface area contributed by atoms with Crippen molar-refractivity contribution in [3.05, 3.63) is 29.8 Å². The van der Waals surface area contributed by atoms with Crippen molar-refractivity contribution in [2.24, 2.45) is 0 Å². The van der Waals surface area contributed by atoms with E-state index in [0.717, 1.165) is 37.4 Å². The largest absolute Gasteiger partial charge is 0.494 e. The summed E-state index contributed by atoms with van der Waals surface area (Å²) in [5.74, 6) is 1.05. The molecule has 1 N–H and O–H groups in total. The SMILES string of the molecule is CCCOc1cccc(CC(=O)N2CCN[C@H](C)C2)c1. The molecule has 1 aliphatic rings. The molecule has 110 valence electrons. The number of benzene rings is 1. The maximum absolute atomic E-state index is 12.3. The predicted octanol–water partition coefficient (Wildman–Crippen LogP) is 1.84. The molecule has 20 heavy (non-hydrogen) atoms. The highest BCUT2D eigenvalue weighted by molar-refractivity contribution is 5.79. The van der Waals surface area contributed by atoms with Gasteiger partial charge in [0.25, 0.3) is 0 Å². The average Bonchev–Trinajstić information content (AvgIpc) is 2.45. The van der Waals surface area contributed by atoms with Gasteiger partial charge in [0.05, 0.1) is 13.0 Å². The Labute approximate surface area is 121 Å². The van der Waals surface area contributed by atoms with Crippen molar-refractivity contribution in [1.29, 1.82) is 0 Å². The summed E-state index contributed by atoms with van der Waals surface area (Å²) in [5.41, 5.74) is 1.02. The van der Waals surface area contributed by atoms with E-state index in [0.29, 0.717) is 19.1 Å². The predicted molar refractivity (Wildman–Crippen MR) is 80.0 cm³/mol. The molecule has 4 nitrogen and oxygen atoms in total. The van der Waals surface area contributed by atoms with Crippen molar-refractivity contribution in [3.63, 3.8) is 0 Å². The summed E-state index contributed by atoms with van der Waals surface area (Å²) in [4.78, 5) is 14.2. The minimum atomic E-state index is 0.200. The maximum Gasteiger partial charge on any atom is 0.227 e. The molecule has 1 aromatic rings. The highest BCUT2D eigenvalue weighted by Crippen LogP contribution is 2.15. The number of nitrogens with zero attached hydrogens (tertiary/aromatic N) is 1. The van der Waals surface area contributed by atoms with Crippen molar-refractivity contribution >= 4 is 5.91 Å². The van der Waals surface area contributed by atoms with Gasteiger partial charge in [0.15, 0.2) is 0 Å². The number of hydrogen-bond acceptors (Lipinski definition) is 3. The first-order chi connectivity index (χ1) is 9.69. The minimum Gasteiger partial charge on any atom is -0.494 e. The van der Waals surface area contributed by atoms with Crippen LogP contribution in [0.2, 0.25) is 0 Å². The maximum atomic E-state index is 12.3. The smallest absolute Gasteiger partial charge is 0.227 e. The zero-order valence-corrected chi connectivity index (χ0v) is 12.4. The summed E-state index contributed by atoms with van der Waals surface area (Å²) in [6.45, 7) is 7.39. The van der Waals surface area contributed by atoms with Crippen LogP contribution in [0.3, 0.4) is 0 Å². The van der Waals surface area contributed by atoms with Crippen LogP contribution in [-0.4, -0.2) is 43.1 Å². The Kier molecular flexibility index (Phi) is 5.41. The third kappa shape index (κ3) is 4.23. The van der Waals surface area contributed by atoms with Crippen LogP contribution in [0.4, 0.5) is 0 Å². The molecule has 0 aliphatic carbocycles. The van der Waals surface area contributed by atoms with E-state index in [1.807, 2.05) is 29.2 Å². The molecule has 1 aliphatic heterocycles. The number of hydrogen-bond donors (Lipinski definition) is 1. The number of carbonyl (C=O) groups excluding carboxylic acids is 1. The molecule has 0 radical (unpaired) electrons. The Morgan fingerprint density at radius 1 is 1.50 bits per heavy atom.